The van der Waals surface area contributed by atoms with Gasteiger partial charge in [-0.2, -0.15) is 0 Å². The second-order valence-electron chi connectivity index (χ2n) is 4.45. The molecule has 1 fully saturated rings. The molecule has 1 aliphatic rings. The van der Waals surface area contributed by atoms with Crippen molar-refractivity contribution in [3.05, 3.63) is 35.9 Å². The summed E-state index contributed by atoms with van der Waals surface area (Å²) in [5.41, 5.74) is 7.14. The number of nitrogens with one attached hydrogen (secondary N) is 2. The van der Waals surface area contributed by atoms with E-state index in [-0.39, 0.29) is 12.0 Å². The Balaban J connectivity index is 2.20. The molecule has 3 N–H and O–H groups in total. The number of hydrogen-bond donors (Lipinski definition) is 3. The van der Waals surface area contributed by atoms with Gasteiger partial charge >= 0.3 is 5.97 Å². The maximum atomic E-state index is 11.2. The molecule has 0 saturated carbocycles. The van der Waals surface area contributed by atoms with Gasteiger partial charge in [-0.15, -0.1) is 0 Å². The van der Waals surface area contributed by atoms with Crippen molar-refractivity contribution in [1.82, 2.24) is 10.9 Å². The van der Waals surface area contributed by atoms with Crippen molar-refractivity contribution in [3.8, 4) is 0 Å². The van der Waals surface area contributed by atoms with Gasteiger partial charge < -0.3 is 5.11 Å². The lowest BCUT2D eigenvalue weighted by atomic mass is 9.86. The second kappa shape index (κ2) is 5.29. The molecule has 1 aliphatic heterocycles. The molecule has 0 spiro atoms. The first-order valence-corrected chi connectivity index (χ1v) is 6.03. The van der Waals surface area contributed by atoms with E-state index in [9.17, 15) is 9.90 Å². The fraction of sp³-hybridized carbons (Fsp3) is 0.462. The fourth-order valence-corrected chi connectivity index (χ4v) is 2.49. The molecule has 1 heterocycles. The van der Waals surface area contributed by atoms with Gasteiger partial charge in [-0.25, -0.2) is 10.9 Å². The van der Waals surface area contributed by atoms with Gasteiger partial charge in [0.05, 0.1) is 6.04 Å². The van der Waals surface area contributed by atoms with Crippen LogP contribution in [0.5, 0.6) is 0 Å². The van der Waals surface area contributed by atoms with Crippen LogP contribution in [-0.2, 0) is 4.79 Å². The van der Waals surface area contributed by atoms with Crippen LogP contribution in [0.3, 0.4) is 0 Å². The van der Waals surface area contributed by atoms with Crippen molar-refractivity contribution in [2.24, 2.45) is 5.92 Å². The lowest BCUT2D eigenvalue weighted by molar-refractivity contribution is -0.140. The monoisotopic (exact) mass is 234 g/mol. The normalized spacial score (nSPS) is 28.2. The first-order valence-electron chi connectivity index (χ1n) is 6.03. The van der Waals surface area contributed by atoms with Crippen LogP contribution in [0.15, 0.2) is 30.3 Å². The van der Waals surface area contributed by atoms with Crippen LogP contribution in [0, 0.1) is 5.92 Å². The number of carboxylic acids is 1. The third-order valence-corrected chi connectivity index (χ3v) is 3.30. The van der Waals surface area contributed by atoms with Crippen LogP contribution in [0.25, 0.3) is 0 Å². The number of hydrazine groups is 1. The lowest BCUT2D eigenvalue weighted by Gasteiger charge is -2.20. The summed E-state index contributed by atoms with van der Waals surface area (Å²) in [6, 6.07) is 9.58. The number of carbonyl (C=O) groups is 1. The first kappa shape index (κ1) is 12.1. The summed E-state index contributed by atoms with van der Waals surface area (Å²) in [5, 5.41) is 9.17. The Kier molecular flexibility index (Phi) is 3.76. The highest BCUT2D eigenvalue weighted by Crippen LogP contribution is 2.32. The molecule has 0 bridgehead atoms. The van der Waals surface area contributed by atoms with Gasteiger partial charge in [-0.3, -0.25) is 4.79 Å². The van der Waals surface area contributed by atoms with E-state index >= 15 is 0 Å². The maximum absolute atomic E-state index is 11.2. The predicted molar refractivity (Wildman–Crippen MR) is 65.3 cm³/mol. The topological polar surface area (TPSA) is 61.4 Å². The standard InChI is InChI=1S/C13H18N2O2/c1-2-6-10-11(9-7-4-3-5-8-9)14-15-12(10)13(16)17/h3-5,7-8,10-12,14-15H,2,6H2,1H3,(H,16,17). The molecule has 17 heavy (non-hydrogen) atoms. The molecular formula is C13H18N2O2. The van der Waals surface area contributed by atoms with Crippen LogP contribution < -0.4 is 10.9 Å². The van der Waals surface area contributed by atoms with E-state index < -0.39 is 12.0 Å². The summed E-state index contributed by atoms with van der Waals surface area (Å²) in [5.74, 6) is -0.686. The maximum Gasteiger partial charge on any atom is 0.322 e. The van der Waals surface area contributed by atoms with Gasteiger partial charge in [0.1, 0.15) is 6.04 Å². The van der Waals surface area contributed by atoms with Crippen molar-refractivity contribution in [2.45, 2.75) is 31.8 Å². The molecule has 1 saturated heterocycles. The fourth-order valence-electron chi connectivity index (χ4n) is 2.49. The smallest absolute Gasteiger partial charge is 0.322 e. The molecule has 3 atom stereocenters. The van der Waals surface area contributed by atoms with Crippen molar-refractivity contribution in [1.29, 1.82) is 0 Å². The number of hydrogen-bond acceptors (Lipinski definition) is 3. The highest BCUT2D eigenvalue weighted by molar-refractivity contribution is 5.74. The summed E-state index contributed by atoms with van der Waals surface area (Å²) in [7, 11) is 0. The van der Waals surface area contributed by atoms with Crippen molar-refractivity contribution >= 4 is 5.97 Å². The summed E-state index contributed by atoms with van der Waals surface area (Å²) in [6.45, 7) is 2.08. The van der Waals surface area contributed by atoms with Crippen LogP contribution in [0.2, 0.25) is 0 Å². The van der Waals surface area contributed by atoms with E-state index in [1.807, 2.05) is 30.3 Å². The van der Waals surface area contributed by atoms with Gasteiger partial charge in [0.2, 0.25) is 0 Å². The largest absolute Gasteiger partial charge is 0.480 e. The number of aliphatic carboxylic acids is 1. The Morgan fingerprint density at radius 2 is 2.00 bits per heavy atom. The quantitative estimate of drug-likeness (QED) is 0.742. The Morgan fingerprint density at radius 1 is 1.29 bits per heavy atom. The third kappa shape index (κ3) is 2.48. The Bertz CT molecular complexity index is 380. The third-order valence-electron chi connectivity index (χ3n) is 3.30. The second-order valence-corrected chi connectivity index (χ2v) is 4.45. The molecule has 0 aromatic heterocycles. The SMILES string of the molecule is CCCC1C(C(=O)O)NNC1c1ccccc1. The van der Waals surface area contributed by atoms with Crippen LogP contribution in [0.1, 0.15) is 31.4 Å². The van der Waals surface area contributed by atoms with Gasteiger partial charge in [0.25, 0.3) is 0 Å². The molecule has 4 heteroatoms. The van der Waals surface area contributed by atoms with Crippen LogP contribution in [-0.4, -0.2) is 17.1 Å². The minimum absolute atomic E-state index is 0.0808. The molecule has 1 aromatic rings. The van der Waals surface area contributed by atoms with E-state index in [1.165, 1.54) is 0 Å². The number of rotatable bonds is 4. The number of carboxylic acid groups (broad SMARTS) is 1. The average molecular weight is 234 g/mol. The van der Waals surface area contributed by atoms with E-state index in [1.54, 1.807) is 0 Å². The van der Waals surface area contributed by atoms with Crippen molar-refractivity contribution in [2.75, 3.05) is 0 Å². The Hall–Kier alpha value is -1.39. The molecule has 4 nitrogen and oxygen atoms in total. The predicted octanol–water partition coefficient (Wildman–Crippen LogP) is 1.70. The zero-order valence-electron chi connectivity index (χ0n) is 9.89. The summed E-state index contributed by atoms with van der Waals surface area (Å²) in [4.78, 5) is 11.2. The number of benzene rings is 1. The van der Waals surface area contributed by atoms with E-state index in [0.29, 0.717) is 0 Å². The highest BCUT2D eigenvalue weighted by Gasteiger charge is 2.39. The minimum atomic E-state index is -0.783. The summed E-state index contributed by atoms with van der Waals surface area (Å²) >= 11 is 0. The van der Waals surface area contributed by atoms with Crippen LogP contribution >= 0.6 is 0 Å². The van der Waals surface area contributed by atoms with Gasteiger partial charge in [-0.1, -0.05) is 43.7 Å². The average Bonchev–Trinajstić information content (AvgIpc) is 2.75. The minimum Gasteiger partial charge on any atom is -0.480 e. The Morgan fingerprint density at radius 3 is 2.59 bits per heavy atom. The van der Waals surface area contributed by atoms with Gasteiger partial charge in [0, 0.05) is 5.92 Å². The molecule has 0 aliphatic carbocycles. The van der Waals surface area contributed by atoms with Crippen molar-refractivity contribution in [3.63, 3.8) is 0 Å². The Labute approximate surface area is 101 Å². The van der Waals surface area contributed by atoms with E-state index in [4.69, 9.17) is 0 Å². The molecule has 0 radical (unpaired) electrons. The van der Waals surface area contributed by atoms with Crippen molar-refractivity contribution < 1.29 is 9.90 Å². The summed E-state index contributed by atoms with van der Waals surface area (Å²) in [6.07, 6.45) is 1.89. The first-order chi connectivity index (χ1) is 8.24. The van der Waals surface area contributed by atoms with Gasteiger partial charge in [-0.05, 0) is 12.0 Å². The summed E-state index contributed by atoms with van der Waals surface area (Å²) < 4.78 is 0. The molecule has 92 valence electrons. The lowest BCUT2D eigenvalue weighted by Crippen LogP contribution is -2.38. The van der Waals surface area contributed by atoms with E-state index in [0.717, 1.165) is 18.4 Å². The zero-order valence-corrected chi connectivity index (χ0v) is 9.89. The molecule has 3 unspecified atom stereocenters. The van der Waals surface area contributed by atoms with Crippen LogP contribution in [0.4, 0.5) is 0 Å². The zero-order chi connectivity index (χ0) is 12.3. The molecule has 2 rings (SSSR count). The molecular weight excluding hydrogens is 216 g/mol. The van der Waals surface area contributed by atoms with Gasteiger partial charge in [0.15, 0.2) is 0 Å². The highest BCUT2D eigenvalue weighted by atomic mass is 16.4. The molecule has 1 aromatic carbocycles. The molecule has 0 amide bonds. The van der Waals surface area contributed by atoms with E-state index in [2.05, 4.69) is 17.8 Å².